The highest BCUT2D eigenvalue weighted by Crippen LogP contribution is 2.23. The van der Waals surface area contributed by atoms with Gasteiger partial charge in [0, 0.05) is 30.3 Å². The van der Waals surface area contributed by atoms with Crippen LogP contribution in [0, 0.1) is 6.92 Å². The van der Waals surface area contributed by atoms with Crippen molar-refractivity contribution in [3.05, 3.63) is 76.2 Å². The average molecular weight is 470 g/mol. The summed E-state index contributed by atoms with van der Waals surface area (Å²) in [6.07, 6.45) is -3.61. The third kappa shape index (κ3) is 9.86. The maximum atomic E-state index is 12.3. The van der Waals surface area contributed by atoms with Crippen LogP contribution < -0.4 is 5.32 Å². The molecule has 1 atom stereocenters. The van der Waals surface area contributed by atoms with Crippen LogP contribution >= 0.6 is 11.6 Å². The molecule has 7 heteroatoms. The largest absolute Gasteiger partial charge is 0.389 e. The number of allylic oxidation sites excluding steroid dienone is 1. The normalized spacial score (nSPS) is 12.0. The fraction of sp³-hybridized carbons (Fsp3) is 0.440. The predicted octanol–water partition coefficient (Wildman–Crippen LogP) is 7.87. The predicted molar refractivity (Wildman–Crippen MR) is 131 cm³/mol. The fourth-order valence-corrected chi connectivity index (χ4v) is 3.07. The standard InChI is InChI=1S/C21H23ClF3N3.2C2H6/c1-13-11-17(22)6-7-18(13)20(26-4)15(3)28-14(2)19-8-5-16(12-27-19)9-10-21(23,24)25;2*1-2/h5-8,11-12,14,28H,3,9-10H2,1-2,4H3;2*1-2H3. The van der Waals surface area contributed by atoms with E-state index < -0.39 is 12.6 Å². The van der Waals surface area contributed by atoms with Gasteiger partial charge in [-0.2, -0.15) is 13.2 Å². The summed E-state index contributed by atoms with van der Waals surface area (Å²) in [5.41, 5.74) is 4.51. The number of halogens is 4. The Hall–Kier alpha value is -2.34. The number of hydrogen-bond donors (Lipinski definition) is 1. The van der Waals surface area contributed by atoms with E-state index in [9.17, 15) is 13.2 Å². The highest BCUT2D eigenvalue weighted by molar-refractivity contribution is 6.30. The quantitative estimate of drug-likeness (QED) is 0.419. The van der Waals surface area contributed by atoms with Crippen LogP contribution in [0.1, 0.15) is 69.5 Å². The topological polar surface area (TPSA) is 37.3 Å². The number of pyridine rings is 1. The van der Waals surface area contributed by atoms with E-state index in [1.54, 1.807) is 25.2 Å². The van der Waals surface area contributed by atoms with Gasteiger partial charge in [0.1, 0.15) is 0 Å². The van der Waals surface area contributed by atoms with E-state index in [0.29, 0.717) is 27.7 Å². The molecule has 0 spiro atoms. The molecule has 0 saturated carbocycles. The summed E-state index contributed by atoms with van der Waals surface area (Å²) in [6.45, 7) is 15.9. The molecule has 32 heavy (non-hydrogen) atoms. The van der Waals surface area contributed by atoms with Crippen LogP contribution in [0.2, 0.25) is 5.02 Å². The molecule has 178 valence electrons. The van der Waals surface area contributed by atoms with Crippen LogP contribution in [-0.2, 0) is 6.42 Å². The van der Waals surface area contributed by atoms with Crippen molar-refractivity contribution in [2.24, 2.45) is 4.99 Å². The lowest BCUT2D eigenvalue weighted by Crippen LogP contribution is -2.24. The van der Waals surface area contributed by atoms with E-state index in [2.05, 4.69) is 21.9 Å². The van der Waals surface area contributed by atoms with Crippen molar-refractivity contribution in [1.82, 2.24) is 10.3 Å². The lowest BCUT2D eigenvalue weighted by molar-refractivity contribution is -0.134. The van der Waals surface area contributed by atoms with E-state index in [4.69, 9.17) is 11.6 Å². The molecule has 1 heterocycles. The number of benzene rings is 1. The molecule has 0 radical (unpaired) electrons. The summed E-state index contributed by atoms with van der Waals surface area (Å²) >= 11 is 6.02. The minimum absolute atomic E-state index is 0.0756. The van der Waals surface area contributed by atoms with Gasteiger partial charge in [-0.05, 0) is 49.6 Å². The molecule has 3 nitrogen and oxygen atoms in total. The maximum Gasteiger partial charge on any atom is 0.389 e. The number of nitrogens with one attached hydrogen (secondary N) is 1. The number of aliphatic imine (C=N–C) groups is 1. The van der Waals surface area contributed by atoms with E-state index in [1.807, 2.05) is 53.7 Å². The van der Waals surface area contributed by atoms with Gasteiger partial charge >= 0.3 is 6.18 Å². The van der Waals surface area contributed by atoms with Crippen molar-refractivity contribution >= 4 is 17.3 Å². The first-order valence-electron chi connectivity index (χ1n) is 10.8. The molecule has 0 saturated heterocycles. The van der Waals surface area contributed by atoms with Crippen LogP contribution in [0.15, 0.2) is 53.8 Å². The molecule has 0 aliphatic carbocycles. The van der Waals surface area contributed by atoms with Gasteiger partial charge in [0.05, 0.1) is 23.1 Å². The first-order chi connectivity index (χ1) is 15.1. The lowest BCUT2D eigenvalue weighted by atomic mass is 10.0. The zero-order valence-corrected chi connectivity index (χ0v) is 20.8. The second-order valence-corrected chi connectivity index (χ2v) is 7.02. The molecular weight excluding hydrogens is 435 g/mol. The summed E-state index contributed by atoms with van der Waals surface area (Å²) in [6, 6.07) is 8.77. The van der Waals surface area contributed by atoms with Crippen molar-refractivity contribution < 1.29 is 13.2 Å². The Morgan fingerprint density at radius 2 is 1.78 bits per heavy atom. The first-order valence-corrected chi connectivity index (χ1v) is 11.2. The second-order valence-electron chi connectivity index (χ2n) is 6.58. The van der Waals surface area contributed by atoms with Crippen molar-refractivity contribution in [2.75, 3.05) is 7.05 Å². The van der Waals surface area contributed by atoms with Crippen molar-refractivity contribution in [1.29, 1.82) is 0 Å². The summed E-state index contributed by atoms with van der Waals surface area (Å²) < 4.78 is 37.0. The average Bonchev–Trinajstić information content (AvgIpc) is 2.77. The Balaban J connectivity index is 0.00000227. The first kappa shape index (κ1) is 29.7. The number of aryl methyl sites for hydroxylation is 2. The van der Waals surface area contributed by atoms with Crippen LogP contribution in [-0.4, -0.2) is 23.9 Å². The monoisotopic (exact) mass is 469 g/mol. The van der Waals surface area contributed by atoms with E-state index in [1.165, 1.54) is 6.20 Å². The van der Waals surface area contributed by atoms with Gasteiger partial charge in [-0.1, -0.05) is 58.0 Å². The summed E-state index contributed by atoms with van der Waals surface area (Å²) in [7, 11) is 1.69. The van der Waals surface area contributed by atoms with Gasteiger partial charge in [-0.15, -0.1) is 0 Å². The number of rotatable bonds is 7. The van der Waals surface area contributed by atoms with Crippen molar-refractivity contribution in [2.45, 2.75) is 66.6 Å². The molecule has 1 aromatic heterocycles. The van der Waals surface area contributed by atoms with Crippen LogP contribution in [0.4, 0.5) is 13.2 Å². The van der Waals surface area contributed by atoms with Gasteiger partial charge in [0.15, 0.2) is 0 Å². The highest BCUT2D eigenvalue weighted by Gasteiger charge is 2.26. The zero-order valence-electron chi connectivity index (χ0n) is 20.1. The minimum Gasteiger partial charge on any atom is -0.376 e. The Morgan fingerprint density at radius 3 is 2.25 bits per heavy atom. The van der Waals surface area contributed by atoms with E-state index >= 15 is 0 Å². The Labute approximate surface area is 195 Å². The molecule has 1 aromatic carbocycles. The molecule has 0 fully saturated rings. The summed E-state index contributed by atoms with van der Waals surface area (Å²) in [5.74, 6) is 0. The molecule has 0 aliphatic heterocycles. The Bertz CT molecular complexity index is 860. The molecule has 0 amide bonds. The smallest absolute Gasteiger partial charge is 0.376 e. The second kappa shape index (κ2) is 14.7. The van der Waals surface area contributed by atoms with E-state index in [-0.39, 0.29) is 12.5 Å². The number of aromatic nitrogens is 1. The molecule has 2 rings (SSSR count). The van der Waals surface area contributed by atoms with Gasteiger partial charge in [0.25, 0.3) is 0 Å². The van der Waals surface area contributed by atoms with Crippen molar-refractivity contribution in [3.63, 3.8) is 0 Å². The zero-order chi connectivity index (χ0) is 24.9. The maximum absolute atomic E-state index is 12.3. The highest BCUT2D eigenvalue weighted by atomic mass is 35.5. The third-order valence-electron chi connectivity index (χ3n) is 4.33. The summed E-state index contributed by atoms with van der Waals surface area (Å²) in [4.78, 5) is 8.63. The number of hydrogen-bond acceptors (Lipinski definition) is 3. The number of nitrogens with zero attached hydrogens (tertiary/aromatic N) is 2. The van der Waals surface area contributed by atoms with Crippen LogP contribution in [0.3, 0.4) is 0 Å². The van der Waals surface area contributed by atoms with Crippen molar-refractivity contribution in [3.8, 4) is 0 Å². The SMILES string of the molecule is C=C(NC(C)c1ccc(CCC(F)(F)F)cn1)C(=NC)c1ccc(Cl)cc1C.CC.CC. The van der Waals surface area contributed by atoms with Crippen LogP contribution in [0.25, 0.3) is 0 Å². The molecule has 1 N–H and O–H groups in total. The number of alkyl halides is 3. The van der Waals surface area contributed by atoms with Gasteiger partial charge in [0.2, 0.25) is 0 Å². The molecule has 2 aromatic rings. The lowest BCUT2D eigenvalue weighted by Gasteiger charge is -2.19. The molecule has 1 unspecified atom stereocenters. The van der Waals surface area contributed by atoms with Crippen LogP contribution in [0.5, 0.6) is 0 Å². The van der Waals surface area contributed by atoms with Gasteiger partial charge in [-0.3, -0.25) is 9.98 Å². The summed E-state index contributed by atoms with van der Waals surface area (Å²) in [5, 5.41) is 3.91. The van der Waals surface area contributed by atoms with E-state index in [0.717, 1.165) is 11.1 Å². The third-order valence-corrected chi connectivity index (χ3v) is 4.57. The minimum atomic E-state index is -4.17. The fourth-order valence-electron chi connectivity index (χ4n) is 2.84. The van der Waals surface area contributed by atoms with Gasteiger partial charge < -0.3 is 5.32 Å². The molecular formula is C25H35ClF3N3. The Morgan fingerprint density at radius 1 is 1.16 bits per heavy atom. The molecule has 0 aliphatic rings. The van der Waals surface area contributed by atoms with Gasteiger partial charge in [-0.25, -0.2) is 0 Å². The molecule has 0 bridgehead atoms. The Kier molecular flexibility index (Phi) is 13.6.